The molecule has 1 aliphatic rings. The van der Waals surface area contributed by atoms with Crippen molar-refractivity contribution in [1.29, 1.82) is 0 Å². The van der Waals surface area contributed by atoms with Crippen LogP contribution in [0.4, 0.5) is 5.69 Å². The van der Waals surface area contributed by atoms with Crippen LogP contribution in [-0.2, 0) is 19.5 Å². The van der Waals surface area contributed by atoms with E-state index in [9.17, 15) is 13.2 Å². The van der Waals surface area contributed by atoms with Crippen LogP contribution in [0.3, 0.4) is 0 Å². The summed E-state index contributed by atoms with van der Waals surface area (Å²) < 4.78 is 38.2. The van der Waals surface area contributed by atoms with Gasteiger partial charge in [0.1, 0.15) is 4.90 Å². The van der Waals surface area contributed by atoms with Gasteiger partial charge in [0.05, 0.1) is 17.4 Å². The molecule has 25 heavy (non-hydrogen) atoms. The molecule has 0 radical (unpaired) electrons. The van der Waals surface area contributed by atoms with E-state index < -0.39 is 16.0 Å². The van der Waals surface area contributed by atoms with Crippen molar-refractivity contribution in [1.82, 2.24) is 4.72 Å². The standard InChI is InChI=1S/C16H24N2O6S/c1-23-8-3-7-17-14-6-5-12(16(19)20)10-15(14)25(21,22)18-11-13-4-2-9-24-13/h5-6,10,13,17-18H,2-4,7-9,11H2,1H3,(H,19,20). The van der Waals surface area contributed by atoms with E-state index in [1.54, 1.807) is 7.11 Å². The van der Waals surface area contributed by atoms with Crippen LogP contribution in [0.15, 0.2) is 23.1 Å². The Kier molecular flexibility index (Phi) is 7.18. The van der Waals surface area contributed by atoms with Gasteiger partial charge in [-0.1, -0.05) is 0 Å². The average Bonchev–Trinajstić information content (AvgIpc) is 3.10. The molecule has 8 nitrogen and oxygen atoms in total. The minimum absolute atomic E-state index is 0.0807. The van der Waals surface area contributed by atoms with Crippen molar-refractivity contribution >= 4 is 21.7 Å². The SMILES string of the molecule is COCCCNc1ccc(C(=O)O)cc1S(=O)(=O)NCC1CCCO1. The molecule has 0 saturated carbocycles. The Morgan fingerprint density at radius 1 is 1.44 bits per heavy atom. The first kappa shape index (κ1) is 19.6. The number of carboxylic acids is 1. The summed E-state index contributed by atoms with van der Waals surface area (Å²) in [6, 6.07) is 4.01. The zero-order valence-electron chi connectivity index (χ0n) is 14.2. The molecule has 0 spiro atoms. The Hall–Kier alpha value is -1.68. The average molecular weight is 372 g/mol. The van der Waals surface area contributed by atoms with Crippen molar-refractivity contribution in [2.75, 3.05) is 38.7 Å². The fourth-order valence-electron chi connectivity index (χ4n) is 2.55. The molecule has 1 aromatic carbocycles. The van der Waals surface area contributed by atoms with Crippen molar-refractivity contribution in [2.24, 2.45) is 0 Å². The second-order valence-corrected chi connectivity index (χ2v) is 7.51. The third-order valence-electron chi connectivity index (χ3n) is 3.88. The van der Waals surface area contributed by atoms with Crippen LogP contribution >= 0.6 is 0 Å². The molecular formula is C16H24N2O6S. The van der Waals surface area contributed by atoms with Gasteiger partial charge in [-0.25, -0.2) is 17.9 Å². The molecule has 0 amide bonds. The van der Waals surface area contributed by atoms with E-state index in [1.807, 2.05) is 0 Å². The van der Waals surface area contributed by atoms with Crippen LogP contribution < -0.4 is 10.0 Å². The lowest BCUT2D eigenvalue weighted by Gasteiger charge is -2.16. The highest BCUT2D eigenvalue weighted by Crippen LogP contribution is 2.23. The van der Waals surface area contributed by atoms with Gasteiger partial charge in [-0.05, 0) is 37.5 Å². The third kappa shape index (κ3) is 5.67. The van der Waals surface area contributed by atoms with Crippen molar-refractivity contribution in [2.45, 2.75) is 30.3 Å². The van der Waals surface area contributed by atoms with Crippen LogP contribution in [0, 0.1) is 0 Å². The number of anilines is 1. The Labute approximate surface area is 147 Å². The summed E-state index contributed by atoms with van der Waals surface area (Å²) in [6.45, 7) is 1.85. The van der Waals surface area contributed by atoms with Gasteiger partial charge in [0.15, 0.2) is 0 Å². The Bertz CT molecular complexity index is 686. The number of hydrogen-bond acceptors (Lipinski definition) is 6. The van der Waals surface area contributed by atoms with Crippen LogP contribution in [0.5, 0.6) is 0 Å². The molecule has 1 atom stereocenters. The first-order valence-corrected chi connectivity index (χ1v) is 9.64. The Balaban J connectivity index is 2.17. The number of nitrogens with one attached hydrogen (secondary N) is 2. The zero-order chi connectivity index (χ0) is 18.3. The largest absolute Gasteiger partial charge is 0.478 e. The summed E-state index contributed by atoms with van der Waals surface area (Å²) in [6.07, 6.45) is 2.27. The smallest absolute Gasteiger partial charge is 0.335 e. The minimum Gasteiger partial charge on any atom is -0.478 e. The summed E-state index contributed by atoms with van der Waals surface area (Å²) in [5.41, 5.74) is 0.279. The molecule has 140 valence electrons. The van der Waals surface area contributed by atoms with E-state index in [0.717, 1.165) is 12.8 Å². The summed E-state index contributed by atoms with van der Waals surface area (Å²) >= 11 is 0. The number of carbonyl (C=O) groups is 1. The summed E-state index contributed by atoms with van der Waals surface area (Å²) in [5.74, 6) is -1.18. The maximum Gasteiger partial charge on any atom is 0.335 e. The first-order chi connectivity index (χ1) is 11.9. The molecule has 0 aliphatic carbocycles. The van der Waals surface area contributed by atoms with E-state index in [2.05, 4.69) is 10.0 Å². The Morgan fingerprint density at radius 3 is 2.88 bits per heavy atom. The highest BCUT2D eigenvalue weighted by molar-refractivity contribution is 7.89. The predicted octanol–water partition coefficient (Wildman–Crippen LogP) is 1.29. The van der Waals surface area contributed by atoms with Crippen LogP contribution in [-0.4, -0.2) is 59.0 Å². The van der Waals surface area contributed by atoms with Gasteiger partial charge in [0, 0.05) is 33.4 Å². The Morgan fingerprint density at radius 2 is 2.24 bits per heavy atom. The molecule has 3 N–H and O–H groups in total. The molecule has 0 bridgehead atoms. The molecule has 2 rings (SSSR count). The normalized spacial score (nSPS) is 17.6. The molecule has 1 heterocycles. The second-order valence-electron chi connectivity index (χ2n) is 5.78. The summed E-state index contributed by atoms with van der Waals surface area (Å²) in [4.78, 5) is 11.1. The zero-order valence-corrected chi connectivity index (χ0v) is 15.0. The number of aromatic carboxylic acids is 1. The lowest BCUT2D eigenvalue weighted by atomic mass is 10.2. The number of methoxy groups -OCH3 is 1. The quantitative estimate of drug-likeness (QED) is 0.530. The van der Waals surface area contributed by atoms with Crippen molar-refractivity contribution in [3.8, 4) is 0 Å². The number of ether oxygens (including phenoxy) is 2. The number of hydrogen-bond donors (Lipinski definition) is 3. The maximum atomic E-state index is 12.6. The molecule has 0 aromatic heterocycles. The van der Waals surface area contributed by atoms with Crippen molar-refractivity contribution in [3.05, 3.63) is 23.8 Å². The topological polar surface area (TPSA) is 114 Å². The molecule has 1 fully saturated rings. The van der Waals surface area contributed by atoms with E-state index in [4.69, 9.17) is 14.6 Å². The lowest BCUT2D eigenvalue weighted by Crippen LogP contribution is -2.32. The van der Waals surface area contributed by atoms with Gasteiger partial charge in [0.2, 0.25) is 10.0 Å². The summed E-state index contributed by atoms with van der Waals surface area (Å²) in [5, 5.41) is 12.2. The lowest BCUT2D eigenvalue weighted by molar-refractivity contribution is 0.0696. The summed E-state index contributed by atoms with van der Waals surface area (Å²) in [7, 11) is -2.27. The van der Waals surface area contributed by atoms with E-state index >= 15 is 0 Å². The maximum absolute atomic E-state index is 12.6. The molecule has 1 unspecified atom stereocenters. The number of rotatable bonds is 10. The molecule has 1 aromatic rings. The van der Waals surface area contributed by atoms with Gasteiger partial charge in [-0.2, -0.15) is 0 Å². The third-order valence-corrected chi connectivity index (χ3v) is 5.35. The number of carboxylic acid groups (broad SMARTS) is 1. The molecule has 9 heteroatoms. The van der Waals surface area contributed by atoms with Crippen LogP contribution in [0.2, 0.25) is 0 Å². The number of benzene rings is 1. The van der Waals surface area contributed by atoms with Gasteiger partial charge in [0.25, 0.3) is 0 Å². The van der Waals surface area contributed by atoms with Crippen LogP contribution in [0.25, 0.3) is 0 Å². The van der Waals surface area contributed by atoms with Gasteiger partial charge in [-0.3, -0.25) is 0 Å². The molecule has 1 saturated heterocycles. The van der Waals surface area contributed by atoms with Gasteiger partial charge >= 0.3 is 5.97 Å². The van der Waals surface area contributed by atoms with Gasteiger partial charge < -0.3 is 19.9 Å². The second kappa shape index (κ2) is 9.14. The highest BCUT2D eigenvalue weighted by Gasteiger charge is 2.23. The van der Waals surface area contributed by atoms with Crippen LogP contribution in [0.1, 0.15) is 29.6 Å². The fraction of sp³-hybridized carbons (Fsp3) is 0.562. The van der Waals surface area contributed by atoms with Gasteiger partial charge in [-0.15, -0.1) is 0 Å². The van der Waals surface area contributed by atoms with Crippen molar-refractivity contribution in [3.63, 3.8) is 0 Å². The first-order valence-electron chi connectivity index (χ1n) is 8.15. The highest BCUT2D eigenvalue weighted by atomic mass is 32.2. The molecule has 1 aliphatic heterocycles. The van der Waals surface area contributed by atoms with Crippen molar-refractivity contribution < 1.29 is 27.8 Å². The monoisotopic (exact) mass is 372 g/mol. The van der Waals surface area contributed by atoms with E-state index in [-0.39, 0.29) is 23.1 Å². The van der Waals surface area contributed by atoms with E-state index in [1.165, 1.54) is 18.2 Å². The number of sulfonamides is 1. The minimum atomic E-state index is -3.86. The molecular weight excluding hydrogens is 348 g/mol. The predicted molar refractivity (Wildman–Crippen MR) is 92.5 cm³/mol. The van der Waals surface area contributed by atoms with E-state index in [0.29, 0.717) is 31.9 Å². The fourth-order valence-corrected chi connectivity index (χ4v) is 3.82.